The molecule has 3 N–H and O–H groups in total. The topological polar surface area (TPSA) is 67.6 Å². The van der Waals surface area contributed by atoms with Crippen LogP contribution in [0.3, 0.4) is 0 Å². The lowest BCUT2D eigenvalue weighted by molar-refractivity contribution is -0.128. The van der Waals surface area contributed by atoms with Gasteiger partial charge >= 0.3 is 0 Å². The summed E-state index contributed by atoms with van der Waals surface area (Å²) in [5.41, 5.74) is 8.49. The molecule has 20 heavy (non-hydrogen) atoms. The molecule has 0 aromatic heterocycles. The van der Waals surface area contributed by atoms with Crippen LogP contribution in [0.5, 0.6) is 5.75 Å². The molecule has 5 nitrogen and oxygen atoms in total. The fraction of sp³-hybridized carbons (Fsp3) is 0.500. The van der Waals surface area contributed by atoms with Gasteiger partial charge in [0.25, 0.3) is 5.91 Å². The number of amides is 1. The van der Waals surface area contributed by atoms with E-state index in [1.807, 2.05) is 5.01 Å². The number of rotatable bonds is 5. The molecule has 1 heterocycles. The molecule has 1 fully saturated rings. The second-order valence-corrected chi connectivity index (χ2v) is 5.38. The van der Waals surface area contributed by atoms with Crippen LogP contribution in [0, 0.1) is 5.92 Å². The maximum Gasteiger partial charge on any atom is 0.272 e. The number of benzene rings is 1. The molecule has 1 aliphatic heterocycles. The van der Waals surface area contributed by atoms with Crippen molar-refractivity contribution in [2.75, 3.05) is 26.2 Å². The van der Waals surface area contributed by atoms with Gasteiger partial charge in [-0.1, -0.05) is 11.6 Å². The average molecular weight is 298 g/mol. The van der Waals surface area contributed by atoms with Crippen molar-refractivity contribution in [3.05, 3.63) is 29.3 Å². The highest BCUT2D eigenvalue weighted by molar-refractivity contribution is 6.30. The number of piperidine rings is 1. The third kappa shape index (κ3) is 4.67. The highest BCUT2D eigenvalue weighted by atomic mass is 35.5. The molecule has 110 valence electrons. The van der Waals surface area contributed by atoms with E-state index in [1.54, 1.807) is 24.3 Å². The Morgan fingerprint density at radius 1 is 1.35 bits per heavy atom. The van der Waals surface area contributed by atoms with E-state index < -0.39 is 0 Å². The summed E-state index contributed by atoms with van der Waals surface area (Å²) < 4.78 is 5.39. The minimum atomic E-state index is -0.147. The molecule has 1 aromatic rings. The van der Waals surface area contributed by atoms with Crippen molar-refractivity contribution in [2.24, 2.45) is 11.7 Å². The number of hydrogen-bond acceptors (Lipinski definition) is 4. The SMILES string of the molecule is NCC1CCN(NC(=O)COc2ccc(Cl)cc2)CC1. The molecule has 0 saturated carbocycles. The predicted molar refractivity (Wildman–Crippen MR) is 78.4 cm³/mol. The Bertz CT molecular complexity index is 431. The lowest BCUT2D eigenvalue weighted by Crippen LogP contribution is -2.48. The number of nitrogens with one attached hydrogen (secondary N) is 1. The Hall–Kier alpha value is -1.30. The number of nitrogens with zero attached hydrogens (tertiary/aromatic N) is 1. The summed E-state index contributed by atoms with van der Waals surface area (Å²) in [6.07, 6.45) is 2.05. The van der Waals surface area contributed by atoms with E-state index in [0.29, 0.717) is 16.7 Å². The Kier molecular flexibility index (Phi) is 5.64. The molecule has 1 aliphatic rings. The van der Waals surface area contributed by atoms with Crippen LogP contribution in [0.15, 0.2) is 24.3 Å². The van der Waals surface area contributed by atoms with Gasteiger partial charge in [0.15, 0.2) is 6.61 Å². The molecule has 0 spiro atoms. The van der Waals surface area contributed by atoms with E-state index in [-0.39, 0.29) is 12.5 Å². The number of carbonyl (C=O) groups excluding carboxylic acids is 1. The van der Waals surface area contributed by atoms with Crippen LogP contribution in [0.2, 0.25) is 5.02 Å². The molecule has 0 atom stereocenters. The van der Waals surface area contributed by atoms with Gasteiger partial charge in [0.2, 0.25) is 0 Å². The van der Waals surface area contributed by atoms with Crippen LogP contribution < -0.4 is 15.9 Å². The van der Waals surface area contributed by atoms with Crippen molar-refractivity contribution in [1.82, 2.24) is 10.4 Å². The molecule has 2 rings (SSSR count). The fourth-order valence-electron chi connectivity index (χ4n) is 2.17. The largest absolute Gasteiger partial charge is 0.484 e. The van der Waals surface area contributed by atoms with Gasteiger partial charge in [0.05, 0.1) is 0 Å². The van der Waals surface area contributed by atoms with E-state index in [0.717, 1.165) is 32.5 Å². The third-order valence-corrected chi connectivity index (χ3v) is 3.67. The zero-order valence-corrected chi connectivity index (χ0v) is 12.1. The van der Waals surface area contributed by atoms with Gasteiger partial charge in [-0.05, 0) is 49.6 Å². The quantitative estimate of drug-likeness (QED) is 0.862. The van der Waals surface area contributed by atoms with Crippen molar-refractivity contribution in [3.8, 4) is 5.75 Å². The summed E-state index contributed by atoms with van der Waals surface area (Å²) in [4.78, 5) is 11.8. The van der Waals surface area contributed by atoms with Crippen molar-refractivity contribution < 1.29 is 9.53 Å². The monoisotopic (exact) mass is 297 g/mol. The van der Waals surface area contributed by atoms with Gasteiger partial charge in [0.1, 0.15) is 5.75 Å². The Balaban J connectivity index is 1.69. The van der Waals surface area contributed by atoms with Crippen molar-refractivity contribution in [3.63, 3.8) is 0 Å². The standard InChI is InChI=1S/C14H20ClN3O2/c15-12-1-3-13(4-2-12)20-10-14(19)17-18-7-5-11(9-16)6-8-18/h1-4,11H,5-10,16H2,(H,17,19). The minimum Gasteiger partial charge on any atom is -0.484 e. The summed E-state index contributed by atoms with van der Waals surface area (Å²) in [5, 5.41) is 2.57. The molecule has 6 heteroatoms. The highest BCUT2D eigenvalue weighted by Gasteiger charge is 2.19. The maximum atomic E-state index is 11.8. The maximum absolute atomic E-state index is 11.8. The van der Waals surface area contributed by atoms with Crippen molar-refractivity contribution in [2.45, 2.75) is 12.8 Å². The van der Waals surface area contributed by atoms with E-state index in [1.165, 1.54) is 0 Å². The summed E-state index contributed by atoms with van der Waals surface area (Å²) in [5.74, 6) is 1.06. The molecular formula is C14H20ClN3O2. The second kappa shape index (κ2) is 7.47. The molecule has 0 bridgehead atoms. The third-order valence-electron chi connectivity index (χ3n) is 3.41. The zero-order chi connectivity index (χ0) is 14.4. The zero-order valence-electron chi connectivity index (χ0n) is 11.3. The van der Waals surface area contributed by atoms with Gasteiger partial charge in [-0.15, -0.1) is 0 Å². The van der Waals surface area contributed by atoms with Gasteiger partial charge in [-0.25, -0.2) is 5.01 Å². The van der Waals surface area contributed by atoms with Gasteiger partial charge < -0.3 is 10.5 Å². The van der Waals surface area contributed by atoms with Crippen LogP contribution in [0.4, 0.5) is 0 Å². The lowest BCUT2D eigenvalue weighted by atomic mass is 9.98. The number of nitrogens with two attached hydrogens (primary N) is 1. The minimum absolute atomic E-state index is 0.00154. The lowest BCUT2D eigenvalue weighted by Gasteiger charge is -2.31. The Morgan fingerprint density at radius 3 is 2.60 bits per heavy atom. The van der Waals surface area contributed by atoms with Crippen LogP contribution in [-0.2, 0) is 4.79 Å². The normalized spacial score (nSPS) is 16.9. The van der Waals surface area contributed by atoms with Crippen molar-refractivity contribution >= 4 is 17.5 Å². The number of halogens is 1. The summed E-state index contributed by atoms with van der Waals surface area (Å²) in [6.45, 7) is 2.41. The number of carbonyl (C=O) groups is 1. The first-order chi connectivity index (χ1) is 9.67. The molecule has 0 aliphatic carbocycles. The van der Waals surface area contributed by atoms with Crippen LogP contribution in [-0.4, -0.2) is 37.2 Å². The van der Waals surface area contributed by atoms with Gasteiger partial charge in [0, 0.05) is 18.1 Å². The first-order valence-corrected chi connectivity index (χ1v) is 7.18. The Labute approximate surface area is 124 Å². The summed E-state index contributed by atoms with van der Waals surface area (Å²) in [6, 6.07) is 6.93. The molecule has 1 saturated heterocycles. The van der Waals surface area contributed by atoms with E-state index >= 15 is 0 Å². The molecule has 0 unspecified atom stereocenters. The predicted octanol–water partition coefficient (Wildman–Crippen LogP) is 1.42. The van der Waals surface area contributed by atoms with Crippen LogP contribution in [0.1, 0.15) is 12.8 Å². The molecule has 1 aromatic carbocycles. The van der Waals surface area contributed by atoms with E-state index in [9.17, 15) is 4.79 Å². The first kappa shape index (κ1) is 15.1. The number of ether oxygens (including phenoxy) is 1. The van der Waals surface area contributed by atoms with Gasteiger partial charge in [-0.2, -0.15) is 0 Å². The van der Waals surface area contributed by atoms with Crippen LogP contribution >= 0.6 is 11.6 Å². The highest BCUT2D eigenvalue weighted by Crippen LogP contribution is 2.16. The van der Waals surface area contributed by atoms with E-state index in [2.05, 4.69) is 5.43 Å². The van der Waals surface area contributed by atoms with Crippen LogP contribution in [0.25, 0.3) is 0 Å². The Morgan fingerprint density at radius 2 is 2.00 bits per heavy atom. The number of hydrazine groups is 1. The molecule has 1 amide bonds. The first-order valence-electron chi connectivity index (χ1n) is 6.80. The van der Waals surface area contributed by atoms with Gasteiger partial charge in [-0.3, -0.25) is 10.2 Å². The summed E-state index contributed by atoms with van der Waals surface area (Å²) in [7, 11) is 0. The summed E-state index contributed by atoms with van der Waals surface area (Å²) >= 11 is 5.78. The molecule has 0 radical (unpaired) electrons. The second-order valence-electron chi connectivity index (χ2n) is 4.94. The average Bonchev–Trinajstić information content (AvgIpc) is 2.47. The molecular weight excluding hydrogens is 278 g/mol. The number of hydrogen-bond donors (Lipinski definition) is 2. The fourth-order valence-corrected chi connectivity index (χ4v) is 2.29. The van der Waals surface area contributed by atoms with Crippen molar-refractivity contribution in [1.29, 1.82) is 0 Å². The van der Waals surface area contributed by atoms with E-state index in [4.69, 9.17) is 22.1 Å². The smallest absolute Gasteiger partial charge is 0.272 e.